The van der Waals surface area contributed by atoms with Crippen LogP contribution >= 0.6 is 0 Å². The van der Waals surface area contributed by atoms with Gasteiger partial charge in [-0.05, 0) is 19.3 Å². The molecule has 1 aliphatic heterocycles. The van der Waals surface area contributed by atoms with Crippen molar-refractivity contribution in [2.75, 3.05) is 0 Å². The standard InChI is InChI=1S/C10H16N2O2/c11-8-5-6-9(13)12(10(8)14)7-3-1-2-4-7/h7-8H,1-6,11H2/t8-/m0/s1. The van der Waals surface area contributed by atoms with Crippen molar-refractivity contribution >= 4 is 11.8 Å². The largest absolute Gasteiger partial charge is 0.320 e. The van der Waals surface area contributed by atoms with E-state index in [2.05, 4.69) is 0 Å². The van der Waals surface area contributed by atoms with Crippen LogP contribution in [0.4, 0.5) is 0 Å². The lowest BCUT2D eigenvalue weighted by Gasteiger charge is -2.33. The number of likely N-dealkylation sites (tertiary alicyclic amines) is 1. The van der Waals surface area contributed by atoms with E-state index in [9.17, 15) is 9.59 Å². The fourth-order valence-electron chi connectivity index (χ4n) is 2.37. The molecule has 78 valence electrons. The van der Waals surface area contributed by atoms with Gasteiger partial charge < -0.3 is 5.73 Å². The van der Waals surface area contributed by atoms with Gasteiger partial charge in [-0.15, -0.1) is 0 Å². The second kappa shape index (κ2) is 3.69. The molecule has 2 amide bonds. The molecule has 0 radical (unpaired) electrons. The molecule has 0 unspecified atom stereocenters. The van der Waals surface area contributed by atoms with E-state index in [1.54, 1.807) is 0 Å². The van der Waals surface area contributed by atoms with Gasteiger partial charge in [0.25, 0.3) is 0 Å². The Morgan fingerprint density at radius 1 is 1.14 bits per heavy atom. The first kappa shape index (κ1) is 9.65. The SMILES string of the molecule is N[C@H]1CCC(=O)N(C2CCCC2)C1=O. The van der Waals surface area contributed by atoms with Gasteiger partial charge in [0.05, 0.1) is 6.04 Å². The highest BCUT2D eigenvalue weighted by molar-refractivity contribution is 6.00. The van der Waals surface area contributed by atoms with E-state index >= 15 is 0 Å². The summed E-state index contributed by atoms with van der Waals surface area (Å²) in [6, 6.07) is -0.311. The molecule has 14 heavy (non-hydrogen) atoms. The number of amides is 2. The molecule has 2 fully saturated rings. The number of imide groups is 1. The Balaban J connectivity index is 2.12. The fraction of sp³-hybridized carbons (Fsp3) is 0.800. The normalized spacial score (nSPS) is 30.1. The average Bonchev–Trinajstić information content (AvgIpc) is 2.65. The molecule has 2 N–H and O–H groups in total. The van der Waals surface area contributed by atoms with E-state index in [4.69, 9.17) is 5.73 Å². The van der Waals surface area contributed by atoms with Crippen LogP contribution in [0.15, 0.2) is 0 Å². The van der Waals surface area contributed by atoms with Crippen LogP contribution in [-0.2, 0) is 9.59 Å². The molecule has 1 saturated heterocycles. The number of rotatable bonds is 1. The lowest BCUT2D eigenvalue weighted by Crippen LogP contribution is -2.54. The summed E-state index contributed by atoms with van der Waals surface area (Å²) >= 11 is 0. The first-order valence-electron chi connectivity index (χ1n) is 5.31. The molecule has 1 heterocycles. The van der Waals surface area contributed by atoms with Crippen LogP contribution in [0.2, 0.25) is 0 Å². The third-order valence-corrected chi connectivity index (χ3v) is 3.18. The van der Waals surface area contributed by atoms with E-state index < -0.39 is 6.04 Å². The summed E-state index contributed by atoms with van der Waals surface area (Å²) < 4.78 is 0. The highest BCUT2D eigenvalue weighted by Crippen LogP contribution is 2.26. The predicted octanol–water partition coefficient (Wildman–Crippen LogP) is 0.405. The van der Waals surface area contributed by atoms with E-state index in [1.165, 1.54) is 4.90 Å². The van der Waals surface area contributed by atoms with Gasteiger partial charge >= 0.3 is 0 Å². The molecule has 0 aromatic carbocycles. The Labute approximate surface area is 83.4 Å². The van der Waals surface area contributed by atoms with Crippen molar-refractivity contribution in [2.45, 2.75) is 50.6 Å². The van der Waals surface area contributed by atoms with Crippen molar-refractivity contribution in [3.05, 3.63) is 0 Å². The van der Waals surface area contributed by atoms with Crippen LogP contribution < -0.4 is 5.73 Å². The molecule has 0 aromatic rings. The summed E-state index contributed by atoms with van der Waals surface area (Å²) in [5.41, 5.74) is 5.66. The number of hydrogen-bond donors (Lipinski definition) is 1. The van der Waals surface area contributed by atoms with Crippen molar-refractivity contribution in [1.82, 2.24) is 4.90 Å². The van der Waals surface area contributed by atoms with Crippen LogP contribution in [0.25, 0.3) is 0 Å². The van der Waals surface area contributed by atoms with Gasteiger partial charge in [-0.3, -0.25) is 14.5 Å². The monoisotopic (exact) mass is 196 g/mol. The minimum absolute atomic E-state index is 0.0244. The first-order valence-corrected chi connectivity index (χ1v) is 5.31. The lowest BCUT2D eigenvalue weighted by atomic mass is 10.0. The average molecular weight is 196 g/mol. The highest BCUT2D eigenvalue weighted by Gasteiger charge is 2.37. The maximum absolute atomic E-state index is 11.7. The van der Waals surface area contributed by atoms with Gasteiger partial charge in [0.2, 0.25) is 11.8 Å². The summed E-state index contributed by atoms with van der Waals surface area (Å²) in [5, 5.41) is 0. The molecular formula is C10H16N2O2. The molecule has 0 aromatic heterocycles. The Bertz CT molecular complexity index is 259. The minimum Gasteiger partial charge on any atom is -0.320 e. The number of carbonyl (C=O) groups excluding carboxylic acids is 2. The molecule has 2 rings (SSSR count). The zero-order chi connectivity index (χ0) is 10.1. The van der Waals surface area contributed by atoms with Gasteiger partial charge in [0.1, 0.15) is 0 Å². The zero-order valence-electron chi connectivity index (χ0n) is 8.24. The van der Waals surface area contributed by atoms with Crippen molar-refractivity contribution in [3.8, 4) is 0 Å². The molecule has 1 saturated carbocycles. The molecule has 4 heteroatoms. The molecule has 0 spiro atoms. The van der Waals surface area contributed by atoms with Gasteiger partial charge in [-0.1, -0.05) is 12.8 Å². The number of piperidine rings is 1. The van der Waals surface area contributed by atoms with Crippen molar-refractivity contribution < 1.29 is 9.59 Å². The zero-order valence-corrected chi connectivity index (χ0v) is 8.24. The second-order valence-electron chi connectivity index (χ2n) is 4.19. The second-order valence-corrected chi connectivity index (χ2v) is 4.19. The summed E-state index contributed by atoms with van der Waals surface area (Å²) in [4.78, 5) is 24.7. The number of carbonyl (C=O) groups is 2. The van der Waals surface area contributed by atoms with Crippen LogP contribution in [0, 0.1) is 0 Å². The molecular weight excluding hydrogens is 180 g/mol. The van der Waals surface area contributed by atoms with E-state index in [0.29, 0.717) is 12.8 Å². The molecule has 2 aliphatic rings. The van der Waals surface area contributed by atoms with Gasteiger partial charge in [-0.25, -0.2) is 0 Å². The van der Waals surface area contributed by atoms with Crippen molar-refractivity contribution in [3.63, 3.8) is 0 Å². The van der Waals surface area contributed by atoms with Crippen LogP contribution in [0.3, 0.4) is 0 Å². The molecule has 0 bridgehead atoms. The lowest BCUT2D eigenvalue weighted by molar-refractivity contribution is -0.151. The Kier molecular flexibility index (Phi) is 2.54. The van der Waals surface area contributed by atoms with Gasteiger partial charge in [0, 0.05) is 12.5 Å². The summed E-state index contributed by atoms with van der Waals surface area (Å²) in [7, 11) is 0. The smallest absolute Gasteiger partial charge is 0.246 e. The third-order valence-electron chi connectivity index (χ3n) is 3.18. The molecule has 1 atom stereocenters. The van der Waals surface area contributed by atoms with E-state index in [1.807, 2.05) is 0 Å². The van der Waals surface area contributed by atoms with E-state index in [-0.39, 0.29) is 17.9 Å². The molecule has 4 nitrogen and oxygen atoms in total. The maximum atomic E-state index is 11.7. The Morgan fingerprint density at radius 2 is 1.79 bits per heavy atom. The van der Waals surface area contributed by atoms with Crippen LogP contribution in [0.1, 0.15) is 38.5 Å². The first-order chi connectivity index (χ1) is 6.70. The van der Waals surface area contributed by atoms with Gasteiger partial charge in [0.15, 0.2) is 0 Å². The fourth-order valence-corrected chi connectivity index (χ4v) is 2.37. The quantitative estimate of drug-likeness (QED) is 0.618. The van der Waals surface area contributed by atoms with Gasteiger partial charge in [-0.2, -0.15) is 0 Å². The number of nitrogens with two attached hydrogens (primary N) is 1. The topological polar surface area (TPSA) is 63.4 Å². The minimum atomic E-state index is -0.451. The Morgan fingerprint density at radius 3 is 2.43 bits per heavy atom. The summed E-state index contributed by atoms with van der Waals surface area (Å²) in [6.45, 7) is 0. The molecule has 1 aliphatic carbocycles. The van der Waals surface area contributed by atoms with Crippen molar-refractivity contribution in [2.24, 2.45) is 5.73 Å². The van der Waals surface area contributed by atoms with E-state index in [0.717, 1.165) is 25.7 Å². The van der Waals surface area contributed by atoms with Crippen molar-refractivity contribution in [1.29, 1.82) is 0 Å². The maximum Gasteiger partial charge on any atom is 0.246 e. The highest BCUT2D eigenvalue weighted by atomic mass is 16.2. The summed E-state index contributed by atoms with van der Waals surface area (Å²) in [5.74, 6) is -0.184. The number of nitrogens with zero attached hydrogens (tertiary/aromatic N) is 1. The Hall–Kier alpha value is -0.900. The van der Waals surface area contributed by atoms with Crippen LogP contribution in [-0.4, -0.2) is 28.8 Å². The van der Waals surface area contributed by atoms with Crippen LogP contribution in [0.5, 0.6) is 0 Å². The predicted molar refractivity (Wildman–Crippen MR) is 51.3 cm³/mol. The summed E-state index contributed by atoms with van der Waals surface area (Å²) in [6.07, 6.45) is 5.12. The number of hydrogen-bond acceptors (Lipinski definition) is 3. The third kappa shape index (κ3) is 1.54.